The van der Waals surface area contributed by atoms with Crippen LogP contribution in [0.3, 0.4) is 0 Å². The number of rotatable bonds is 63. The van der Waals surface area contributed by atoms with Crippen molar-refractivity contribution in [1.29, 1.82) is 0 Å². The minimum absolute atomic E-state index is 0.0900. The Bertz CT molecular complexity index is 1580. The molecule has 0 spiro atoms. The Morgan fingerprint density at radius 2 is 0.519 bits per heavy atom. The molecular formula is C75H130O6. The highest BCUT2D eigenvalue weighted by atomic mass is 16.6. The van der Waals surface area contributed by atoms with Crippen LogP contribution < -0.4 is 0 Å². The topological polar surface area (TPSA) is 78.9 Å². The fourth-order valence-corrected chi connectivity index (χ4v) is 10.0. The number of esters is 3. The van der Waals surface area contributed by atoms with Gasteiger partial charge in [0, 0.05) is 12.8 Å². The van der Waals surface area contributed by atoms with E-state index in [1.54, 1.807) is 6.08 Å². The molecule has 1 unspecified atom stereocenters. The van der Waals surface area contributed by atoms with E-state index >= 15 is 0 Å². The first-order valence-electron chi connectivity index (χ1n) is 34.7. The smallest absolute Gasteiger partial charge is 0.310 e. The highest BCUT2D eigenvalue weighted by Crippen LogP contribution is 2.18. The van der Waals surface area contributed by atoms with E-state index < -0.39 is 12.1 Å². The van der Waals surface area contributed by atoms with Crippen molar-refractivity contribution in [3.8, 4) is 0 Å². The SMILES string of the molecule is CC/C=C\C/C=C\C/C=C\C/C=C\C/C=C\CC(=O)OC(COC(=O)CCCCC/C=C\C/C=C\C/C=C\CC)COC(=O)CCCCCCCCCCCCCCCCCCCCCCCCCCCCCCCCCCCCC. The molecule has 0 radical (unpaired) electrons. The summed E-state index contributed by atoms with van der Waals surface area (Å²) in [6, 6.07) is 0. The summed E-state index contributed by atoms with van der Waals surface area (Å²) in [5.74, 6) is -1.08. The third-order valence-electron chi connectivity index (χ3n) is 15.1. The van der Waals surface area contributed by atoms with E-state index in [0.717, 1.165) is 89.9 Å². The summed E-state index contributed by atoms with van der Waals surface area (Å²) in [7, 11) is 0. The van der Waals surface area contributed by atoms with Crippen LogP contribution in [0.1, 0.15) is 342 Å². The lowest BCUT2D eigenvalue weighted by Gasteiger charge is -2.18. The van der Waals surface area contributed by atoms with Gasteiger partial charge in [-0.2, -0.15) is 0 Å². The van der Waals surface area contributed by atoms with Gasteiger partial charge in [0.05, 0.1) is 6.42 Å². The Morgan fingerprint density at radius 3 is 0.815 bits per heavy atom. The van der Waals surface area contributed by atoms with E-state index in [-0.39, 0.29) is 31.6 Å². The van der Waals surface area contributed by atoms with Gasteiger partial charge in [-0.1, -0.05) is 343 Å². The monoisotopic (exact) mass is 1130 g/mol. The van der Waals surface area contributed by atoms with Crippen LogP contribution in [0, 0.1) is 0 Å². The van der Waals surface area contributed by atoms with Crippen LogP contribution in [0.5, 0.6) is 0 Å². The summed E-state index contributed by atoms with van der Waals surface area (Å²) < 4.78 is 16.8. The van der Waals surface area contributed by atoms with Crippen molar-refractivity contribution in [3.05, 3.63) is 97.2 Å². The second kappa shape index (κ2) is 68.8. The highest BCUT2D eigenvalue weighted by molar-refractivity contribution is 5.72. The Morgan fingerprint density at radius 1 is 0.272 bits per heavy atom. The zero-order chi connectivity index (χ0) is 58.5. The summed E-state index contributed by atoms with van der Waals surface area (Å²) in [6.07, 6.45) is 93.6. The van der Waals surface area contributed by atoms with Gasteiger partial charge in [0.1, 0.15) is 13.2 Å². The molecule has 6 nitrogen and oxygen atoms in total. The lowest BCUT2D eigenvalue weighted by Crippen LogP contribution is -2.30. The Labute approximate surface area is 502 Å². The summed E-state index contributed by atoms with van der Waals surface area (Å²) in [5, 5.41) is 0. The van der Waals surface area contributed by atoms with Crippen molar-refractivity contribution < 1.29 is 28.6 Å². The molecule has 0 aromatic carbocycles. The molecule has 0 bridgehead atoms. The number of carbonyl (C=O) groups excluding carboxylic acids is 3. The third kappa shape index (κ3) is 67.0. The van der Waals surface area contributed by atoms with E-state index in [9.17, 15) is 14.4 Å². The first-order valence-corrected chi connectivity index (χ1v) is 34.7. The van der Waals surface area contributed by atoms with Gasteiger partial charge in [0.2, 0.25) is 0 Å². The van der Waals surface area contributed by atoms with E-state index in [0.29, 0.717) is 19.3 Å². The maximum Gasteiger partial charge on any atom is 0.310 e. The second-order valence-electron chi connectivity index (χ2n) is 23.1. The molecule has 0 fully saturated rings. The lowest BCUT2D eigenvalue weighted by atomic mass is 10.0. The van der Waals surface area contributed by atoms with Gasteiger partial charge in [-0.3, -0.25) is 14.4 Å². The standard InChI is InChI=1S/C75H130O6/c1-4-7-10-13-16-19-22-25-27-28-29-30-31-32-33-34-35-36-37-38-39-40-41-42-43-44-45-46-48-50-53-56-59-62-65-68-74(77)80-71-72(70-79-73(76)67-64-61-58-55-52-49-24-21-18-15-12-9-6-3)81-75(78)69-66-63-60-57-54-51-47-26-23-20-17-14-11-8-5-2/h8-9,11-12,17-18,20-21,26,47,49,52,54,57,63,66,72H,4-7,10,13-16,19,22-25,27-46,48,50-51,53,55-56,58-62,64-65,67-71H2,1-3H3/b11-8-,12-9-,20-17-,21-18-,47-26-,52-49-,57-54-,66-63-. The number of unbranched alkanes of at least 4 members (excludes halogenated alkanes) is 37. The molecule has 1 atom stereocenters. The molecule has 0 aliphatic heterocycles. The molecule has 6 heteroatoms. The van der Waals surface area contributed by atoms with Crippen LogP contribution in [0.15, 0.2) is 97.2 Å². The predicted octanol–water partition coefficient (Wildman–Crippen LogP) is 24.0. The largest absolute Gasteiger partial charge is 0.462 e. The van der Waals surface area contributed by atoms with Gasteiger partial charge in [0.15, 0.2) is 6.10 Å². The van der Waals surface area contributed by atoms with Crippen molar-refractivity contribution in [1.82, 2.24) is 0 Å². The second-order valence-corrected chi connectivity index (χ2v) is 23.1. The van der Waals surface area contributed by atoms with Gasteiger partial charge in [-0.05, 0) is 77.0 Å². The van der Waals surface area contributed by atoms with E-state index in [1.165, 1.54) is 205 Å². The minimum Gasteiger partial charge on any atom is -0.462 e. The zero-order valence-electron chi connectivity index (χ0n) is 53.5. The van der Waals surface area contributed by atoms with Crippen molar-refractivity contribution in [2.24, 2.45) is 0 Å². The van der Waals surface area contributed by atoms with Crippen LogP contribution in [0.25, 0.3) is 0 Å². The highest BCUT2D eigenvalue weighted by Gasteiger charge is 2.19. The number of ether oxygens (including phenoxy) is 3. The molecule has 0 aliphatic carbocycles. The molecule has 0 rings (SSSR count). The molecule has 466 valence electrons. The van der Waals surface area contributed by atoms with Crippen molar-refractivity contribution >= 4 is 17.9 Å². The van der Waals surface area contributed by atoms with Crippen LogP contribution in [0.4, 0.5) is 0 Å². The average molecular weight is 1130 g/mol. The van der Waals surface area contributed by atoms with E-state index in [2.05, 4.69) is 106 Å². The molecule has 0 saturated carbocycles. The predicted molar refractivity (Wildman–Crippen MR) is 353 cm³/mol. The number of carbonyl (C=O) groups is 3. The van der Waals surface area contributed by atoms with E-state index in [4.69, 9.17) is 14.2 Å². The normalized spacial score (nSPS) is 12.7. The quantitative estimate of drug-likeness (QED) is 0.0261. The molecule has 0 heterocycles. The Balaban J connectivity index is 4.12. The van der Waals surface area contributed by atoms with Gasteiger partial charge in [0.25, 0.3) is 0 Å². The van der Waals surface area contributed by atoms with E-state index in [1.807, 2.05) is 6.08 Å². The van der Waals surface area contributed by atoms with Crippen LogP contribution in [-0.2, 0) is 28.6 Å². The fourth-order valence-electron chi connectivity index (χ4n) is 10.0. The molecule has 0 aromatic heterocycles. The molecular weight excluding hydrogens is 997 g/mol. The van der Waals surface area contributed by atoms with Crippen molar-refractivity contribution in [2.75, 3.05) is 13.2 Å². The zero-order valence-corrected chi connectivity index (χ0v) is 53.5. The third-order valence-corrected chi connectivity index (χ3v) is 15.1. The molecule has 0 N–H and O–H groups in total. The summed E-state index contributed by atoms with van der Waals surface area (Å²) in [5.41, 5.74) is 0. The Hall–Kier alpha value is -3.67. The van der Waals surface area contributed by atoms with Crippen LogP contribution in [0.2, 0.25) is 0 Å². The molecule has 81 heavy (non-hydrogen) atoms. The molecule has 0 aliphatic rings. The van der Waals surface area contributed by atoms with Crippen LogP contribution in [-0.4, -0.2) is 37.2 Å². The van der Waals surface area contributed by atoms with Crippen molar-refractivity contribution in [3.63, 3.8) is 0 Å². The first-order chi connectivity index (χ1) is 40.0. The number of hydrogen-bond acceptors (Lipinski definition) is 6. The van der Waals surface area contributed by atoms with Gasteiger partial charge in [-0.15, -0.1) is 0 Å². The number of allylic oxidation sites excluding steroid dienone is 15. The molecule has 0 aromatic rings. The van der Waals surface area contributed by atoms with Crippen LogP contribution >= 0.6 is 0 Å². The average Bonchev–Trinajstić information content (AvgIpc) is 3.46. The first kappa shape index (κ1) is 77.3. The molecule has 0 amide bonds. The van der Waals surface area contributed by atoms with Crippen molar-refractivity contribution in [2.45, 2.75) is 348 Å². The summed E-state index contributed by atoms with van der Waals surface area (Å²) >= 11 is 0. The maximum atomic E-state index is 12.8. The van der Waals surface area contributed by atoms with Gasteiger partial charge < -0.3 is 14.2 Å². The fraction of sp³-hybridized carbons (Fsp3) is 0.747. The molecule has 0 saturated heterocycles. The lowest BCUT2D eigenvalue weighted by molar-refractivity contribution is -0.166. The van der Waals surface area contributed by atoms with Gasteiger partial charge in [-0.25, -0.2) is 0 Å². The number of hydrogen-bond donors (Lipinski definition) is 0. The summed E-state index contributed by atoms with van der Waals surface area (Å²) in [4.78, 5) is 38.2. The van der Waals surface area contributed by atoms with Gasteiger partial charge >= 0.3 is 17.9 Å². The minimum atomic E-state index is -0.845. The summed E-state index contributed by atoms with van der Waals surface area (Å²) in [6.45, 7) is 6.33. The maximum absolute atomic E-state index is 12.8. The Kier molecular flexibility index (Phi) is 65.7.